The van der Waals surface area contributed by atoms with Crippen LogP contribution in [0.1, 0.15) is 17.8 Å². The highest BCUT2D eigenvalue weighted by Gasteiger charge is 2.14. The van der Waals surface area contributed by atoms with Gasteiger partial charge in [0, 0.05) is 18.4 Å². The van der Waals surface area contributed by atoms with Crippen molar-refractivity contribution in [1.29, 1.82) is 0 Å². The molecule has 2 aromatic rings. The van der Waals surface area contributed by atoms with Crippen LogP contribution in [0.5, 0.6) is 0 Å². The molecule has 0 saturated heterocycles. The zero-order chi connectivity index (χ0) is 15.4. The Bertz CT molecular complexity index is 625. The second-order valence-electron chi connectivity index (χ2n) is 4.44. The van der Waals surface area contributed by atoms with Crippen molar-refractivity contribution >= 4 is 17.5 Å². The molecule has 0 aliphatic rings. The van der Waals surface area contributed by atoms with E-state index in [9.17, 15) is 13.6 Å². The largest absolute Gasteiger partial charge is 0.353 e. The smallest absolute Gasteiger partial charge is 0.282 e. The van der Waals surface area contributed by atoms with E-state index < -0.39 is 6.43 Å². The maximum absolute atomic E-state index is 12.5. The quantitative estimate of drug-likeness (QED) is 0.883. The molecule has 1 N–H and O–H groups in total. The predicted octanol–water partition coefficient (Wildman–Crippen LogP) is 1.80. The molecule has 0 radical (unpaired) electrons. The van der Waals surface area contributed by atoms with E-state index in [1.54, 1.807) is 17.8 Å². The van der Waals surface area contributed by atoms with Crippen molar-refractivity contribution in [1.82, 2.24) is 24.9 Å². The molecule has 21 heavy (non-hydrogen) atoms. The molecule has 9 heteroatoms. The zero-order valence-electron chi connectivity index (χ0n) is 11.3. The molecule has 0 aliphatic carbocycles. The van der Waals surface area contributed by atoms with Crippen molar-refractivity contribution in [2.24, 2.45) is 0 Å². The molecular weight excluding hydrogens is 304 g/mol. The van der Waals surface area contributed by atoms with E-state index in [0.717, 1.165) is 0 Å². The molecule has 0 saturated carbocycles. The van der Waals surface area contributed by atoms with Crippen molar-refractivity contribution in [3.63, 3.8) is 0 Å². The number of aryl methyl sites for hydroxylation is 1. The average Bonchev–Trinajstić information content (AvgIpc) is 2.97. The van der Waals surface area contributed by atoms with Gasteiger partial charge in [0.15, 0.2) is 0 Å². The highest BCUT2D eigenvalue weighted by molar-refractivity contribution is 6.30. The molecule has 0 aliphatic heterocycles. The SMILES string of the molecule is Cc1cc(C(F)F)nn1CC(=O)NCCn1cc(Cl)cn1. The van der Waals surface area contributed by atoms with E-state index in [4.69, 9.17) is 11.6 Å². The zero-order valence-corrected chi connectivity index (χ0v) is 12.0. The van der Waals surface area contributed by atoms with Gasteiger partial charge in [0.05, 0.1) is 17.8 Å². The third-order valence-electron chi connectivity index (χ3n) is 2.78. The van der Waals surface area contributed by atoms with Gasteiger partial charge in [-0.3, -0.25) is 14.2 Å². The lowest BCUT2D eigenvalue weighted by Crippen LogP contribution is -2.31. The Morgan fingerprint density at radius 3 is 2.86 bits per heavy atom. The first kappa shape index (κ1) is 15.4. The molecule has 2 heterocycles. The maximum atomic E-state index is 12.5. The number of rotatable bonds is 6. The van der Waals surface area contributed by atoms with Crippen molar-refractivity contribution in [2.75, 3.05) is 6.54 Å². The van der Waals surface area contributed by atoms with Crippen LogP contribution in [-0.2, 0) is 17.9 Å². The van der Waals surface area contributed by atoms with Gasteiger partial charge >= 0.3 is 0 Å². The highest BCUT2D eigenvalue weighted by atomic mass is 35.5. The molecule has 6 nitrogen and oxygen atoms in total. The van der Waals surface area contributed by atoms with Crippen LogP contribution in [0, 0.1) is 6.92 Å². The first-order chi connectivity index (χ1) is 9.95. The van der Waals surface area contributed by atoms with E-state index in [0.29, 0.717) is 23.8 Å². The fraction of sp³-hybridized carbons (Fsp3) is 0.417. The second kappa shape index (κ2) is 6.66. The molecule has 0 bridgehead atoms. The average molecular weight is 318 g/mol. The molecule has 0 atom stereocenters. The van der Waals surface area contributed by atoms with Crippen LogP contribution in [0.15, 0.2) is 18.5 Å². The summed E-state index contributed by atoms with van der Waals surface area (Å²) in [6, 6.07) is 1.27. The molecule has 0 aromatic carbocycles. The summed E-state index contributed by atoms with van der Waals surface area (Å²) in [5.41, 5.74) is 0.186. The molecule has 2 rings (SSSR count). The van der Waals surface area contributed by atoms with Gasteiger partial charge in [0.2, 0.25) is 5.91 Å². The van der Waals surface area contributed by atoms with Crippen molar-refractivity contribution < 1.29 is 13.6 Å². The van der Waals surface area contributed by atoms with Gasteiger partial charge in [-0.25, -0.2) is 8.78 Å². The van der Waals surface area contributed by atoms with Crippen LogP contribution in [0.2, 0.25) is 5.02 Å². The van der Waals surface area contributed by atoms with Crippen LogP contribution in [0.25, 0.3) is 0 Å². The summed E-state index contributed by atoms with van der Waals surface area (Å²) in [7, 11) is 0. The fourth-order valence-corrected chi connectivity index (χ4v) is 1.92. The van der Waals surface area contributed by atoms with Gasteiger partial charge in [-0.15, -0.1) is 0 Å². The molecule has 0 fully saturated rings. The van der Waals surface area contributed by atoms with E-state index in [1.165, 1.54) is 16.9 Å². The minimum atomic E-state index is -2.64. The summed E-state index contributed by atoms with van der Waals surface area (Å²) < 4.78 is 27.8. The molecule has 0 spiro atoms. The fourth-order valence-electron chi connectivity index (χ4n) is 1.76. The van der Waals surface area contributed by atoms with Gasteiger partial charge in [0.1, 0.15) is 12.2 Å². The van der Waals surface area contributed by atoms with Crippen LogP contribution in [0.4, 0.5) is 8.78 Å². The number of hydrogen-bond donors (Lipinski definition) is 1. The highest BCUT2D eigenvalue weighted by Crippen LogP contribution is 2.17. The summed E-state index contributed by atoms with van der Waals surface area (Å²) in [4.78, 5) is 11.7. The normalized spacial score (nSPS) is 11.1. The minimum absolute atomic E-state index is 0.0988. The Hall–Kier alpha value is -1.96. The Balaban J connectivity index is 1.81. The second-order valence-corrected chi connectivity index (χ2v) is 4.88. The number of carbonyl (C=O) groups is 1. The van der Waals surface area contributed by atoms with E-state index >= 15 is 0 Å². The predicted molar refractivity (Wildman–Crippen MR) is 72.2 cm³/mol. The standard InChI is InChI=1S/C12H14ClF2N5O/c1-8-4-10(12(14)15)18-20(8)7-11(21)16-2-3-19-6-9(13)5-17-19/h4-6,12H,2-3,7H2,1H3,(H,16,21). The van der Waals surface area contributed by atoms with Crippen LogP contribution in [0.3, 0.4) is 0 Å². The number of halogens is 3. The Morgan fingerprint density at radius 1 is 1.52 bits per heavy atom. The monoisotopic (exact) mass is 317 g/mol. The summed E-state index contributed by atoms with van der Waals surface area (Å²) in [5, 5.41) is 10.8. The first-order valence-corrected chi connectivity index (χ1v) is 6.60. The lowest BCUT2D eigenvalue weighted by Gasteiger charge is -2.07. The van der Waals surface area contributed by atoms with Crippen LogP contribution in [-0.4, -0.2) is 32.0 Å². The summed E-state index contributed by atoms with van der Waals surface area (Å²) in [5.74, 6) is -0.305. The van der Waals surface area contributed by atoms with E-state index in [1.807, 2.05) is 0 Å². The molecule has 0 unspecified atom stereocenters. The molecular formula is C12H14ClF2N5O. The number of hydrogen-bond acceptors (Lipinski definition) is 3. The topological polar surface area (TPSA) is 64.7 Å². The number of alkyl halides is 2. The van der Waals surface area contributed by atoms with Gasteiger partial charge in [-0.2, -0.15) is 10.2 Å². The third-order valence-corrected chi connectivity index (χ3v) is 2.98. The van der Waals surface area contributed by atoms with Gasteiger partial charge in [0.25, 0.3) is 6.43 Å². The molecule has 2 aromatic heterocycles. The van der Waals surface area contributed by atoms with E-state index in [-0.39, 0.29) is 18.1 Å². The van der Waals surface area contributed by atoms with Crippen LogP contribution >= 0.6 is 11.6 Å². The van der Waals surface area contributed by atoms with E-state index in [2.05, 4.69) is 15.5 Å². The maximum Gasteiger partial charge on any atom is 0.282 e. The van der Waals surface area contributed by atoms with Crippen molar-refractivity contribution in [3.05, 3.63) is 34.9 Å². The van der Waals surface area contributed by atoms with Gasteiger partial charge in [-0.1, -0.05) is 11.6 Å². The van der Waals surface area contributed by atoms with Crippen LogP contribution < -0.4 is 5.32 Å². The number of nitrogens with zero attached hydrogens (tertiary/aromatic N) is 4. The van der Waals surface area contributed by atoms with Crippen molar-refractivity contribution in [2.45, 2.75) is 26.4 Å². The Morgan fingerprint density at radius 2 is 2.29 bits per heavy atom. The summed E-state index contributed by atoms with van der Waals surface area (Å²) in [6.07, 6.45) is 0.500. The Labute approximate surface area is 124 Å². The summed E-state index contributed by atoms with van der Waals surface area (Å²) >= 11 is 5.71. The third kappa shape index (κ3) is 4.25. The molecule has 114 valence electrons. The number of amides is 1. The number of carbonyl (C=O) groups excluding carboxylic acids is 1. The number of aromatic nitrogens is 4. The van der Waals surface area contributed by atoms with Crippen molar-refractivity contribution in [3.8, 4) is 0 Å². The molecule has 1 amide bonds. The summed E-state index contributed by atoms with van der Waals surface area (Å²) in [6.45, 7) is 2.36. The lowest BCUT2D eigenvalue weighted by molar-refractivity contribution is -0.121. The van der Waals surface area contributed by atoms with Gasteiger partial charge < -0.3 is 5.32 Å². The lowest BCUT2D eigenvalue weighted by atomic mass is 10.4. The Kier molecular flexibility index (Phi) is 4.89. The first-order valence-electron chi connectivity index (χ1n) is 6.23. The number of nitrogens with one attached hydrogen (secondary N) is 1. The van der Waals surface area contributed by atoms with Gasteiger partial charge in [-0.05, 0) is 13.0 Å². The minimum Gasteiger partial charge on any atom is -0.353 e.